The SMILES string of the molecule is COCc1cccc(C(=O)Nc2c(C)cccc2C(=O)N2CCCC2)c1. The average molecular weight is 352 g/mol. The van der Waals surface area contributed by atoms with Crippen molar-refractivity contribution in [3.05, 3.63) is 64.7 Å². The van der Waals surface area contributed by atoms with Gasteiger partial charge in [0.25, 0.3) is 11.8 Å². The van der Waals surface area contributed by atoms with E-state index >= 15 is 0 Å². The number of rotatable bonds is 5. The first kappa shape index (κ1) is 18.1. The van der Waals surface area contributed by atoms with Crippen LogP contribution in [0.25, 0.3) is 0 Å². The monoisotopic (exact) mass is 352 g/mol. The fourth-order valence-corrected chi connectivity index (χ4v) is 3.26. The molecule has 1 fully saturated rings. The molecule has 2 amide bonds. The Balaban J connectivity index is 1.86. The summed E-state index contributed by atoms with van der Waals surface area (Å²) in [5.74, 6) is -0.248. The number of hydrogen-bond donors (Lipinski definition) is 1. The van der Waals surface area contributed by atoms with Crippen LogP contribution in [-0.4, -0.2) is 36.9 Å². The Bertz CT molecular complexity index is 811. The van der Waals surface area contributed by atoms with Crippen LogP contribution in [0.4, 0.5) is 5.69 Å². The van der Waals surface area contributed by atoms with Gasteiger partial charge >= 0.3 is 0 Å². The van der Waals surface area contributed by atoms with Gasteiger partial charge < -0.3 is 15.0 Å². The van der Waals surface area contributed by atoms with Crippen molar-refractivity contribution in [2.24, 2.45) is 0 Å². The van der Waals surface area contributed by atoms with E-state index in [2.05, 4.69) is 5.32 Å². The number of carbonyl (C=O) groups is 2. The van der Waals surface area contributed by atoms with Gasteiger partial charge in [0.15, 0.2) is 0 Å². The summed E-state index contributed by atoms with van der Waals surface area (Å²) in [5.41, 5.74) is 3.48. The summed E-state index contributed by atoms with van der Waals surface area (Å²) in [5, 5.41) is 2.94. The molecule has 1 saturated heterocycles. The van der Waals surface area contributed by atoms with Crippen molar-refractivity contribution in [1.29, 1.82) is 0 Å². The Labute approximate surface area is 154 Å². The van der Waals surface area contributed by atoms with E-state index in [1.807, 2.05) is 36.1 Å². The van der Waals surface area contributed by atoms with Gasteiger partial charge in [0.1, 0.15) is 0 Å². The van der Waals surface area contributed by atoms with Crippen LogP contribution in [0.15, 0.2) is 42.5 Å². The number of methoxy groups -OCH3 is 1. The smallest absolute Gasteiger partial charge is 0.255 e. The molecule has 2 aromatic carbocycles. The molecule has 0 bridgehead atoms. The van der Waals surface area contributed by atoms with Crippen LogP contribution in [0.1, 0.15) is 44.7 Å². The maximum Gasteiger partial charge on any atom is 0.255 e. The van der Waals surface area contributed by atoms with Gasteiger partial charge in [0.05, 0.1) is 17.9 Å². The van der Waals surface area contributed by atoms with Crippen molar-refractivity contribution in [1.82, 2.24) is 4.90 Å². The van der Waals surface area contributed by atoms with Crippen molar-refractivity contribution in [3.63, 3.8) is 0 Å². The third-order valence-electron chi connectivity index (χ3n) is 4.64. The van der Waals surface area contributed by atoms with Crippen LogP contribution in [0, 0.1) is 6.92 Å². The Kier molecular flexibility index (Phi) is 5.68. The maximum atomic E-state index is 12.8. The van der Waals surface area contributed by atoms with Crippen LogP contribution < -0.4 is 5.32 Å². The highest BCUT2D eigenvalue weighted by Crippen LogP contribution is 2.24. The predicted molar refractivity (Wildman–Crippen MR) is 101 cm³/mol. The largest absolute Gasteiger partial charge is 0.380 e. The maximum absolute atomic E-state index is 12.8. The standard InChI is InChI=1S/C21H24N2O3/c1-15-7-5-10-18(21(25)23-11-3-4-12-23)19(15)22-20(24)17-9-6-8-16(13-17)14-26-2/h5-10,13H,3-4,11-12,14H2,1-2H3,(H,22,24). The lowest BCUT2D eigenvalue weighted by Gasteiger charge is -2.19. The Morgan fingerprint density at radius 3 is 2.58 bits per heavy atom. The van der Waals surface area contributed by atoms with Crippen molar-refractivity contribution in [2.45, 2.75) is 26.4 Å². The molecule has 0 saturated carbocycles. The predicted octanol–water partition coefficient (Wildman–Crippen LogP) is 3.63. The number of likely N-dealkylation sites (tertiary alicyclic amines) is 1. The first-order valence-electron chi connectivity index (χ1n) is 8.88. The number of aryl methyl sites for hydroxylation is 1. The summed E-state index contributed by atoms with van der Waals surface area (Å²) in [4.78, 5) is 27.4. The fraction of sp³-hybridized carbons (Fsp3) is 0.333. The molecule has 1 aliphatic rings. The molecule has 5 heteroatoms. The molecule has 1 N–H and O–H groups in total. The molecule has 5 nitrogen and oxygen atoms in total. The average Bonchev–Trinajstić information content (AvgIpc) is 3.18. The highest BCUT2D eigenvalue weighted by atomic mass is 16.5. The zero-order chi connectivity index (χ0) is 18.5. The second-order valence-corrected chi connectivity index (χ2v) is 6.58. The summed E-state index contributed by atoms with van der Waals surface area (Å²) in [6.45, 7) is 3.90. The van der Waals surface area contributed by atoms with E-state index in [0.717, 1.165) is 37.1 Å². The molecule has 0 atom stereocenters. The second kappa shape index (κ2) is 8.15. The van der Waals surface area contributed by atoms with Gasteiger partial charge in [-0.05, 0) is 49.1 Å². The minimum atomic E-state index is -0.229. The number of ether oxygens (including phenoxy) is 1. The molecule has 1 aliphatic heterocycles. The molecule has 0 unspecified atom stereocenters. The van der Waals surface area contributed by atoms with E-state index < -0.39 is 0 Å². The molecule has 2 aromatic rings. The van der Waals surface area contributed by atoms with Crippen molar-refractivity contribution in [2.75, 3.05) is 25.5 Å². The topological polar surface area (TPSA) is 58.6 Å². The van der Waals surface area contributed by atoms with E-state index in [1.54, 1.807) is 25.3 Å². The Morgan fingerprint density at radius 1 is 1.12 bits per heavy atom. The van der Waals surface area contributed by atoms with Gasteiger partial charge in [-0.3, -0.25) is 9.59 Å². The second-order valence-electron chi connectivity index (χ2n) is 6.58. The normalized spacial score (nSPS) is 13.7. The first-order valence-corrected chi connectivity index (χ1v) is 8.88. The Morgan fingerprint density at radius 2 is 1.85 bits per heavy atom. The number of hydrogen-bond acceptors (Lipinski definition) is 3. The van der Waals surface area contributed by atoms with E-state index in [9.17, 15) is 9.59 Å². The van der Waals surface area contributed by atoms with Crippen molar-refractivity contribution >= 4 is 17.5 Å². The summed E-state index contributed by atoms with van der Waals surface area (Å²) in [6, 6.07) is 12.8. The summed E-state index contributed by atoms with van der Waals surface area (Å²) < 4.78 is 5.13. The molecule has 136 valence electrons. The van der Waals surface area contributed by atoms with Crippen LogP contribution in [-0.2, 0) is 11.3 Å². The van der Waals surface area contributed by atoms with E-state index in [0.29, 0.717) is 23.4 Å². The van der Waals surface area contributed by atoms with E-state index in [4.69, 9.17) is 4.74 Å². The molecular formula is C21H24N2O3. The highest BCUT2D eigenvalue weighted by Gasteiger charge is 2.23. The highest BCUT2D eigenvalue weighted by molar-refractivity contribution is 6.09. The molecule has 26 heavy (non-hydrogen) atoms. The number of nitrogens with one attached hydrogen (secondary N) is 1. The minimum absolute atomic E-state index is 0.0189. The van der Waals surface area contributed by atoms with Gasteiger partial charge in [-0.2, -0.15) is 0 Å². The lowest BCUT2D eigenvalue weighted by molar-refractivity contribution is 0.0794. The minimum Gasteiger partial charge on any atom is -0.380 e. The van der Waals surface area contributed by atoms with E-state index in [1.165, 1.54) is 0 Å². The number of anilines is 1. The summed E-state index contributed by atoms with van der Waals surface area (Å²) in [6.07, 6.45) is 2.07. The van der Waals surface area contributed by atoms with Crippen molar-refractivity contribution in [3.8, 4) is 0 Å². The third kappa shape index (κ3) is 3.94. The molecule has 0 spiro atoms. The number of carbonyl (C=O) groups excluding carboxylic acids is 2. The number of amides is 2. The fourth-order valence-electron chi connectivity index (χ4n) is 3.26. The van der Waals surface area contributed by atoms with E-state index in [-0.39, 0.29) is 11.8 Å². The number of nitrogens with zero attached hydrogens (tertiary/aromatic N) is 1. The quantitative estimate of drug-likeness (QED) is 0.894. The van der Waals surface area contributed by atoms with Gasteiger partial charge in [0.2, 0.25) is 0 Å². The van der Waals surface area contributed by atoms with Gasteiger partial charge in [-0.25, -0.2) is 0 Å². The van der Waals surface area contributed by atoms with Crippen LogP contribution in [0.5, 0.6) is 0 Å². The molecule has 0 radical (unpaired) electrons. The molecule has 0 aliphatic carbocycles. The molecule has 1 heterocycles. The molecular weight excluding hydrogens is 328 g/mol. The number of benzene rings is 2. The van der Waals surface area contributed by atoms with Gasteiger partial charge in [-0.1, -0.05) is 24.3 Å². The lowest BCUT2D eigenvalue weighted by atomic mass is 10.1. The molecule has 0 aromatic heterocycles. The van der Waals surface area contributed by atoms with Crippen LogP contribution >= 0.6 is 0 Å². The Hall–Kier alpha value is -2.66. The zero-order valence-corrected chi connectivity index (χ0v) is 15.2. The van der Waals surface area contributed by atoms with Gasteiger partial charge in [-0.15, -0.1) is 0 Å². The molecule has 3 rings (SSSR count). The zero-order valence-electron chi connectivity index (χ0n) is 15.2. The van der Waals surface area contributed by atoms with Crippen LogP contribution in [0.3, 0.4) is 0 Å². The first-order chi connectivity index (χ1) is 12.6. The number of para-hydroxylation sites is 1. The van der Waals surface area contributed by atoms with Gasteiger partial charge in [0, 0.05) is 25.8 Å². The lowest BCUT2D eigenvalue weighted by Crippen LogP contribution is -2.29. The van der Waals surface area contributed by atoms with Crippen LogP contribution in [0.2, 0.25) is 0 Å². The summed E-state index contributed by atoms with van der Waals surface area (Å²) >= 11 is 0. The van der Waals surface area contributed by atoms with Crippen molar-refractivity contribution < 1.29 is 14.3 Å². The third-order valence-corrected chi connectivity index (χ3v) is 4.64. The summed E-state index contributed by atoms with van der Waals surface area (Å²) in [7, 11) is 1.62.